The van der Waals surface area contributed by atoms with Crippen LogP contribution in [-0.4, -0.2) is 37.8 Å². The third-order valence-electron chi connectivity index (χ3n) is 3.39. The molecule has 1 saturated heterocycles. The highest BCUT2D eigenvalue weighted by Crippen LogP contribution is 2.30. The smallest absolute Gasteiger partial charge is 0.142 e. The van der Waals surface area contributed by atoms with Crippen molar-refractivity contribution in [3.8, 4) is 0 Å². The average molecular weight is 240 g/mol. The quantitative estimate of drug-likeness (QED) is 0.731. The van der Waals surface area contributed by atoms with E-state index in [2.05, 4.69) is 25.0 Å². The van der Waals surface area contributed by atoms with Gasteiger partial charge < -0.3 is 9.88 Å². The van der Waals surface area contributed by atoms with Crippen molar-refractivity contribution in [1.82, 2.24) is 24.7 Å². The lowest BCUT2D eigenvalue weighted by Gasteiger charge is -2.40. The number of aromatic amines is 1. The molecule has 0 atom stereocenters. The number of fused-ring (bicyclic) bond motifs is 1. The number of hydrogen-bond donors (Lipinski definition) is 1. The van der Waals surface area contributed by atoms with E-state index in [1.54, 1.807) is 6.33 Å². The lowest BCUT2D eigenvalue weighted by atomic mass is 10.1. The van der Waals surface area contributed by atoms with Crippen molar-refractivity contribution in [2.75, 3.05) is 18.0 Å². The maximum atomic E-state index is 4.38. The lowest BCUT2D eigenvalue weighted by Crippen LogP contribution is -2.48. The number of hydrogen-bond acceptors (Lipinski definition) is 4. The first kappa shape index (κ1) is 9.64. The fraction of sp³-hybridized carbons (Fsp3) is 0.250. The molecular weight excluding hydrogens is 228 g/mol. The second-order valence-corrected chi connectivity index (χ2v) is 4.48. The van der Waals surface area contributed by atoms with E-state index < -0.39 is 0 Å². The van der Waals surface area contributed by atoms with Crippen molar-refractivity contribution < 1.29 is 0 Å². The molecule has 0 radical (unpaired) electrons. The standard InChI is InChI=1S/C12H12N6/c1-3-16-18(5-1)9-6-17(7-9)12-10-2-4-13-11(10)14-8-15-12/h1-5,8-9H,6-7H2,(H,13,14,15). The monoisotopic (exact) mass is 240 g/mol. The van der Waals surface area contributed by atoms with Crippen LogP contribution in [0.1, 0.15) is 6.04 Å². The SMILES string of the molecule is c1cnn(C2CN(c3ncnc4[nH]ccc34)C2)c1. The van der Waals surface area contributed by atoms with Crippen LogP contribution in [0.15, 0.2) is 37.1 Å². The second-order valence-electron chi connectivity index (χ2n) is 4.48. The highest BCUT2D eigenvalue weighted by atomic mass is 15.4. The minimum Gasteiger partial charge on any atom is -0.352 e. The van der Waals surface area contributed by atoms with Gasteiger partial charge in [0.1, 0.15) is 17.8 Å². The predicted molar refractivity (Wildman–Crippen MR) is 67.4 cm³/mol. The molecule has 0 saturated carbocycles. The normalized spacial score (nSPS) is 16.1. The molecule has 18 heavy (non-hydrogen) atoms. The van der Waals surface area contributed by atoms with Crippen LogP contribution in [0.3, 0.4) is 0 Å². The minimum atomic E-state index is 0.448. The first-order chi connectivity index (χ1) is 8.92. The van der Waals surface area contributed by atoms with Gasteiger partial charge in [-0.25, -0.2) is 9.97 Å². The van der Waals surface area contributed by atoms with Gasteiger partial charge in [-0.15, -0.1) is 0 Å². The first-order valence-corrected chi connectivity index (χ1v) is 5.94. The Kier molecular flexibility index (Phi) is 1.91. The van der Waals surface area contributed by atoms with Crippen molar-refractivity contribution in [1.29, 1.82) is 0 Å². The number of rotatable bonds is 2. The molecule has 3 aromatic heterocycles. The van der Waals surface area contributed by atoms with Crippen LogP contribution in [-0.2, 0) is 0 Å². The van der Waals surface area contributed by atoms with Crippen LogP contribution in [0.5, 0.6) is 0 Å². The molecule has 0 bridgehead atoms. The van der Waals surface area contributed by atoms with E-state index in [1.807, 2.05) is 35.4 Å². The van der Waals surface area contributed by atoms with Gasteiger partial charge in [0.25, 0.3) is 0 Å². The third kappa shape index (κ3) is 1.32. The minimum absolute atomic E-state index is 0.448. The predicted octanol–water partition coefficient (Wildman–Crippen LogP) is 1.22. The van der Waals surface area contributed by atoms with Gasteiger partial charge >= 0.3 is 0 Å². The Labute approximate surface area is 103 Å². The number of aromatic nitrogens is 5. The zero-order chi connectivity index (χ0) is 11.9. The van der Waals surface area contributed by atoms with E-state index in [4.69, 9.17) is 0 Å². The Morgan fingerprint density at radius 1 is 1.28 bits per heavy atom. The molecule has 1 N–H and O–H groups in total. The summed E-state index contributed by atoms with van der Waals surface area (Å²) in [4.78, 5) is 13.9. The summed E-state index contributed by atoms with van der Waals surface area (Å²) in [5.74, 6) is 1.00. The number of H-pyrrole nitrogens is 1. The molecular formula is C12H12N6. The summed E-state index contributed by atoms with van der Waals surface area (Å²) < 4.78 is 2.01. The van der Waals surface area contributed by atoms with E-state index in [9.17, 15) is 0 Å². The van der Waals surface area contributed by atoms with Gasteiger partial charge in [0.05, 0.1) is 11.4 Å². The van der Waals surface area contributed by atoms with Gasteiger partial charge in [0.2, 0.25) is 0 Å². The first-order valence-electron chi connectivity index (χ1n) is 5.94. The van der Waals surface area contributed by atoms with Crippen LogP contribution >= 0.6 is 0 Å². The van der Waals surface area contributed by atoms with Gasteiger partial charge in [-0.2, -0.15) is 5.10 Å². The van der Waals surface area contributed by atoms with Crippen molar-refractivity contribution in [3.63, 3.8) is 0 Å². The molecule has 1 aliphatic rings. The molecule has 0 aromatic carbocycles. The number of nitrogens with one attached hydrogen (secondary N) is 1. The molecule has 1 aliphatic heterocycles. The highest BCUT2D eigenvalue weighted by Gasteiger charge is 2.30. The fourth-order valence-corrected chi connectivity index (χ4v) is 2.40. The molecule has 3 aromatic rings. The van der Waals surface area contributed by atoms with Gasteiger partial charge in [-0.3, -0.25) is 4.68 Å². The van der Waals surface area contributed by atoms with Gasteiger partial charge in [-0.1, -0.05) is 0 Å². The van der Waals surface area contributed by atoms with E-state index in [-0.39, 0.29) is 0 Å². The summed E-state index contributed by atoms with van der Waals surface area (Å²) in [5.41, 5.74) is 0.891. The summed E-state index contributed by atoms with van der Waals surface area (Å²) >= 11 is 0. The van der Waals surface area contributed by atoms with Gasteiger partial charge in [0, 0.05) is 31.7 Å². The molecule has 6 nitrogen and oxygen atoms in total. The Morgan fingerprint density at radius 2 is 2.22 bits per heavy atom. The highest BCUT2D eigenvalue weighted by molar-refractivity contribution is 5.87. The molecule has 0 amide bonds. The summed E-state index contributed by atoms with van der Waals surface area (Å²) in [6, 6.07) is 4.42. The Hall–Kier alpha value is -2.37. The van der Waals surface area contributed by atoms with Crippen LogP contribution in [0, 0.1) is 0 Å². The molecule has 0 unspecified atom stereocenters. The van der Waals surface area contributed by atoms with Gasteiger partial charge in [0.15, 0.2) is 0 Å². The van der Waals surface area contributed by atoms with Crippen molar-refractivity contribution >= 4 is 16.9 Å². The molecule has 90 valence electrons. The Bertz CT molecular complexity index is 665. The summed E-state index contributed by atoms with van der Waals surface area (Å²) in [6.07, 6.45) is 7.33. The topological polar surface area (TPSA) is 62.6 Å². The third-order valence-corrected chi connectivity index (χ3v) is 3.39. The molecule has 4 heterocycles. The van der Waals surface area contributed by atoms with Crippen molar-refractivity contribution in [3.05, 3.63) is 37.1 Å². The largest absolute Gasteiger partial charge is 0.352 e. The summed E-state index contributed by atoms with van der Waals surface area (Å²) in [6.45, 7) is 1.89. The van der Waals surface area contributed by atoms with E-state index in [0.717, 1.165) is 29.9 Å². The molecule has 4 rings (SSSR count). The fourth-order valence-electron chi connectivity index (χ4n) is 2.40. The molecule has 6 heteroatoms. The van der Waals surface area contributed by atoms with Crippen LogP contribution in [0.4, 0.5) is 5.82 Å². The van der Waals surface area contributed by atoms with E-state index in [0.29, 0.717) is 6.04 Å². The van der Waals surface area contributed by atoms with Crippen molar-refractivity contribution in [2.45, 2.75) is 6.04 Å². The number of nitrogens with zero attached hydrogens (tertiary/aromatic N) is 5. The average Bonchev–Trinajstić information content (AvgIpc) is 2.97. The maximum Gasteiger partial charge on any atom is 0.142 e. The van der Waals surface area contributed by atoms with Crippen molar-refractivity contribution in [2.24, 2.45) is 0 Å². The van der Waals surface area contributed by atoms with E-state index >= 15 is 0 Å². The maximum absolute atomic E-state index is 4.38. The van der Waals surface area contributed by atoms with Crippen LogP contribution in [0.2, 0.25) is 0 Å². The zero-order valence-electron chi connectivity index (χ0n) is 9.69. The molecule has 0 aliphatic carbocycles. The van der Waals surface area contributed by atoms with Gasteiger partial charge in [-0.05, 0) is 12.1 Å². The molecule has 0 spiro atoms. The number of anilines is 1. The Balaban J connectivity index is 1.61. The molecule has 1 fully saturated rings. The second kappa shape index (κ2) is 3.56. The van der Waals surface area contributed by atoms with Crippen LogP contribution in [0.25, 0.3) is 11.0 Å². The summed E-state index contributed by atoms with van der Waals surface area (Å²) in [7, 11) is 0. The Morgan fingerprint density at radius 3 is 3.06 bits per heavy atom. The lowest BCUT2D eigenvalue weighted by molar-refractivity contribution is 0.366. The zero-order valence-corrected chi connectivity index (χ0v) is 9.69. The van der Waals surface area contributed by atoms with Crippen LogP contribution < -0.4 is 4.90 Å². The van der Waals surface area contributed by atoms with E-state index in [1.165, 1.54) is 0 Å². The summed E-state index contributed by atoms with van der Waals surface area (Å²) in [5, 5.41) is 5.35.